The van der Waals surface area contributed by atoms with Crippen LogP contribution in [0, 0.1) is 0 Å². The number of benzene rings is 2. The summed E-state index contributed by atoms with van der Waals surface area (Å²) in [5, 5.41) is 2.32. The molecule has 0 bridgehead atoms. The second-order valence-corrected chi connectivity index (χ2v) is 7.21. The number of anilines is 2. The van der Waals surface area contributed by atoms with Gasteiger partial charge in [-0.2, -0.15) is 8.78 Å². The monoisotopic (exact) mass is 404 g/mol. The molecule has 0 spiro atoms. The third kappa shape index (κ3) is 3.97. The Balaban J connectivity index is 1.84. The number of ether oxygens (including phenoxy) is 2. The minimum atomic E-state index is -4.02. The number of halogens is 3. The van der Waals surface area contributed by atoms with E-state index in [1.54, 1.807) is 0 Å². The Hall–Kier alpha value is -2.59. The molecule has 1 aliphatic heterocycles. The van der Waals surface area contributed by atoms with Crippen LogP contribution in [0.2, 0.25) is 5.02 Å². The van der Waals surface area contributed by atoms with Crippen LogP contribution < -0.4 is 19.5 Å². The van der Waals surface area contributed by atoms with Crippen LogP contribution in [0.3, 0.4) is 0 Å². The number of nitrogens with one attached hydrogen (secondary N) is 2. The van der Waals surface area contributed by atoms with Crippen molar-refractivity contribution in [3.8, 4) is 11.5 Å². The third-order valence-corrected chi connectivity index (χ3v) is 4.97. The molecule has 11 heteroatoms. The molecule has 0 saturated heterocycles. The molecular formula is C15H11ClF2N2O5S. The SMILES string of the molecule is O=C1COc2ccc(S(=O)(=O)Nc3ccc(OC(F)F)c(Cl)c3)cc2N1. The van der Waals surface area contributed by atoms with Gasteiger partial charge in [0.15, 0.2) is 6.61 Å². The summed E-state index contributed by atoms with van der Waals surface area (Å²) in [5.74, 6) is -0.334. The summed E-state index contributed by atoms with van der Waals surface area (Å²) >= 11 is 5.80. The molecule has 7 nitrogen and oxygen atoms in total. The Labute approximate surface area is 151 Å². The van der Waals surface area contributed by atoms with Crippen LogP contribution in [0.4, 0.5) is 20.2 Å². The molecule has 138 valence electrons. The van der Waals surface area contributed by atoms with E-state index >= 15 is 0 Å². The van der Waals surface area contributed by atoms with Crippen LogP contribution in [-0.4, -0.2) is 27.5 Å². The number of carbonyl (C=O) groups is 1. The largest absolute Gasteiger partial charge is 0.482 e. The molecule has 2 aromatic rings. The smallest absolute Gasteiger partial charge is 0.387 e. The van der Waals surface area contributed by atoms with Gasteiger partial charge in [-0.1, -0.05) is 11.6 Å². The van der Waals surface area contributed by atoms with Crippen LogP contribution in [0.5, 0.6) is 11.5 Å². The standard InChI is InChI=1S/C15H11ClF2N2O5S/c16-10-5-8(1-3-12(10)25-15(17)18)20-26(22,23)9-2-4-13-11(6-9)19-14(21)7-24-13/h1-6,15,20H,7H2,(H,19,21). The molecule has 2 aromatic carbocycles. The maximum absolute atomic E-state index is 12.5. The zero-order valence-corrected chi connectivity index (χ0v) is 14.4. The lowest BCUT2D eigenvalue weighted by Gasteiger charge is -2.18. The Kier molecular flexibility index (Phi) is 4.88. The lowest BCUT2D eigenvalue weighted by Crippen LogP contribution is -2.25. The maximum Gasteiger partial charge on any atom is 0.387 e. The molecule has 0 unspecified atom stereocenters. The van der Waals surface area contributed by atoms with Gasteiger partial charge in [0.25, 0.3) is 15.9 Å². The highest BCUT2D eigenvalue weighted by molar-refractivity contribution is 7.92. The van der Waals surface area contributed by atoms with Crippen molar-refractivity contribution in [1.29, 1.82) is 0 Å². The number of alkyl halides is 2. The molecule has 1 amide bonds. The summed E-state index contributed by atoms with van der Waals surface area (Å²) in [4.78, 5) is 11.2. The highest BCUT2D eigenvalue weighted by atomic mass is 35.5. The molecule has 0 aliphatic carbocycles. The molecule has 1 aliphatic rings. The summed E-state index contributed by atoms with van der Waals surface area (Å²) in [7, 11) is -4.02. The Bertz CT molecular complexity index is 969. The Morgan fingerprint density at radius 1 is 1.23 bits per heavy atom. The second-order valence-electron chi connectivity index (χ2n) is 5.12. The summed E-state index contributed by atoms with van der Waals surface area (Å²) in [6, 6.07) is 7.44. The number of hydrogen-bond donors (Lipinski definition) is 2. The summed E-state index contributed by atoms with van der Waals surface area (Å²) < 4.78 is 61.0. The zero-order chi connectivity index (χ0) is 18.9. The van der Waals surface area contributed by atoms with Crippen LogP contribution in [0.15, 0.2) is 41.3 Å². The van der Waals surface area contributed by atoms with Crippen molar-refractivity contribution in [1.82, 2.24) is 0 Å². The summed E-state index contributed by atoms with van der Waals surface area (Å²) in [5.41, 5.74) is 0.275. The quantitative estimate of drug-likeness (QED) is 0.798. The first-order valence-corrected chi connectivity index (χ1v) is 8.94. The first kappa shape index (κ1) is 18.2. The number of carbonyl (C=O) groups excluding carboxylic acids is 1. The summed E-state index contributed by atoms with van der Waals surface area (Å²) in [6.07, 6.45) is 0. The molecule has 1 heterocycles. The molecule has 2 N–H and O–H groups in total. The van der Waals surface area contributed by atoms with Crippen LogP contribution in [0.1, 0.15) is 0 Å². The second kappa shape index (κ2) is 6.96. The van der Waals surface area contributed by atoms with Gasteiger partial charge >= 0.3 is 6.61 Å². The molecule has 26 heavy (non-hydrogen) atoms. The number of amides is 1. The van der Waals surface area contributed by atoms with E-state index in [4.69, 9.17) is 16.3 Å². The van der Waals surface area contributed by atoms with Crippen molar-refractivity contribution in [2.45, 2.75) is 11.5 Å². The first-order valence-electron chi connectivity index (χ1n) is 7.08. The fourth-order valence-electron chi connectivity index (χ4n) is 2.20. The van der Waals surface area contributed by atoms with Gasteiger partial charge in [0.1, 0.15) is 11.5 Å². The molecule has 0 atom stereocenters. The predicted molar refractivity (Wildman–Crippen MR) is 89.5 cm³/mol. The normalized spacial score (nSPS) is 13.6. The van der Waals surface area contributed by atoms with Gasteiger partial charge in [0, 0.05) is 0 Å². The average Bonchev–Trinajstić information content (AvgIpc) is 2.56. The van der Waals surface area contributed by atoms with Gasteiger partial charge in [-0.15, -0.1) is 0 Å². The average molecular weight is 405 g/mol. The van der Waals surface area contributed by atoms with E-state index in [0.29, 0.717) is 5.75 Å². The Morgan fingerprint density at radius 2 is 2.00 bits per heavy atom. The van der Waals surface area contributed by atoms with E-state index in [-0.39, 0.29) is 33.6 Å². The van der Waals surface area contributed by atoms with Crippen LogP contribution in [0.25, 0.3) is 0 Å². The van der Waals surface area contributed by atoms with Gasteiger partial charge in [-0.3, -0.25) is 9.52 Å². The fraction of sp³-hybridized carbons (Fsp3) is 0.133. The molecule has 3 rings (SSSR count). The third-order valence-electron chi connectivity index (χ3n) is 3.29. The molecule has 0 radical (unpaired) electrons. The van der Waals surface area contributed by atoms with Crippen LogP contribution >= 0.6 is 11.6 Å². The van der Waals surface area contributed by atoms with Gasteiger partial charge in [0.05, 0.1) is 21.3 Å². The lowest BCUT2D eigenvalue weighted by atomic mass is 10.2. The van der Waals surface area contributed by atoms with Gasteiger partial charge in [0.2, 0.25) is 0 Å². The van der Waals surface area contributed by atoms with Gasteiger partial charge in [-0.05, 0) is 36.4 Å². The highest BCUT2D eigenvalue weighted by Gasteiger charge is 2.21. The maximum atomic E-state index is 12.5. The lowest BCUT2D eigenvalue weighted by molar-refractivity contribution is -0.118. The van der Waals surface area contributed by atoms with E-state index in [0.717, 1.165) is 12.1 Å². The number of fused-ring (bicyclic) bond motifs is 1. The first-order chi connectivity index (χ1) is 12.2. The molecule has 0 aromatic heterocycles. The number of rotatable bonds is 5. The predicted octanol–water partition coefficient (Wildman–Crippen LogP) is 3.07. The number of sulfonamides is 1. The van der Waals surface area contributed by atoms with E-state index in [2.05, 4.69) is 14.8 Å². The number of hydrogen-bond acceptors (Lipinski definition) is 5. The van der Waals surface area contributed by atoms with E-state index in [1.165, 1.54) is 24.3 Å². The molecule has 0 fully saturated rings. The van der Waals surface area contributed by atoms with E-state index in [9.17, 15) is 22.0 Å². The van der Waals surface area contributed by atoms with Crippen LogP contribution in [-0.2, 0) is 14.8 Å². The van der Waals surface area contributed by atoms with Crippen molar-refractivity contribution in [3.05, 3.63) is 41.4 Å². The van der Waals surface area contributed by atoms with Crippen molar-refractivity contribution in [2.24, 2.45) is 0 Å². The van der Waals surface area contributed by atoms with Crippen molar-refractivity contribution >= 4 is 38.9 Å². The van der Waals surface area contributed by atoms with Crippen molar-refractivity contribution in [2.75, 3.05) is 16.6 Å². The minimum absolute atomic E-state index is 0.0506. The summed E-state index contributed by atoms with van der Waals surface area (Å²) in [6.45, 7) is -3.20. The van der Waals surface area contributed by atoms with E-state index < -0.39 is 22.5 Å². The minimum Gasteiger partial charge on any atom is -0.482 e. The fourth-order valence-corrected chi connectivity index (χ4v) is 3.50. The van der Waals surface area contributed by atoms with Crippen molar-refractivity contribution in [3.63, 3.8) is 0 Å². The zero-order valence-electron chi connectivity index (χ0n) is 12.8. The molecule has 0 saturated carbocycles. The van der Waals surface area contributed by atoms with Gasteiger partial charge in [-0.25, -0.2) is 8.42 Å². The van der Waals surface area contributed by atoms with Crippen molar-refractivity contribution < 1.29 is 31.5 Å². The van der Waals surface area contributed by atoms with E-state index in [1.807, 2.05) is 0 Å². The van der Waals surface area contributed by atoms with Gasteiger partial charge < -0.3 is 14.8 Å². The topological polar surface area (TPSA) is 93.7 Å². The Morgan fingerprint density at radius 3 is 2.69 bits per heavy atom. The highest BCUT2D eigenvalue weighted by Crippen LogP contribution is 2.32. The molecular weight excluding hydrogens is 394 g/mol.